The minimum Gasteiger partial charge on any atom is -0.444 e. The molecule has 1 aromatic carbocycles. The van der Waals surface area contributed by atoms with Crippen LogP contribution in [0.3, 0.4) is 0 Å². The van der Waals surface area contributed by atoms with Gasteiger partial charge in [-0.25, -0.2) is 4.79 Å². The second-order valence-corrected chi connectivity index (χ2v) is 9.82. The number of amides is 3. The fraction of sp³-hybridized carbons (Fsp3) is 0.607. The smallest absolute Gasteiger partial charge is 0.408 e. The Morgan fingerprint density at radius 3 is 2.31 bits per heavy atom. The lowest BCUT2D eigenvalue weighted by atomic mass is 9.94. The summed E-state index contributed by atoms with van der Waals surface area (Å²) in [6, 6.07) is 5.39. The van der Waals surface area contributed by atoms with Crippen molar-refractivity contribution in [2.24, 2.45) is 5.92 Å². The van der Waals surface area contributed by atoms with Crippen LogP contribution in [0.25, 0.3) is 0 Å². The van der Waals surface area contributed by atoms with Gasteiger partial charge in [0.05, 0.1) is 0 Å². The Bertz CT molecular complexity index is 885. The summed E-state index contributed by atoms with van der Waals surface area (Å²) >= 11 is 0. The van der Waals surface area contributed by atoms with Gasteiger partial charge < -0.3 is 20.3 Å². The average Bonchev–Trinajstić information content (AvgIpc) is 2.80. The summed E-state index contributed by atoms with van der Waals surface area (Å²) in [5.74, 6) is 1.84. The Kier molecular flexibility index (Phi) is 12.4. The summed E-state index contributed by atoms with van der Waals surface area (Å²) in [6.07, 6.45) is 8.13. The van der Waals surface area contributed by atoms with Gasteiger partial charge in [-0.05, 0) is 51.2 Å². The van der Waals surface area contributed by atoms with Crippen molar-refractivity contribution in [3.63, 3.8) is 0 Å². The third-order valence-electron chi connectivity index (χ3n) is 5.70. The minimum absolute atomic E-state index is 0.180. The summed E-state index contributed by atoms with van der Waals surface area (Å²) < 4.78 is 5.42. The minimum atomic E-state index is -0.918. The van der Waals surface area contributed by atoms with Crippen molar-refractivity contribution in [3.05, 3.63) is 35.4 Å². The number of carbonyl (C=O) groups excluding carboxylic acids is 3. The van der Waals surface area contributed by atoms with Crippen molar-refractivity contribution < 1.29 is 19.1 Å². The van der Waals surface area contributed by atoms with E-state index in [4.69, 9.17) is 11.2 Å². The number of rotatable bonds is 12. The molecule has 0 saturated carbocycles. The number of hydrogen-bond donors (Lipinski definition) is 2. The Labute approximate surface area is 211 Å². The van der Waals surface area contributed by atoms with Gasteiger partial charge in [-0.2, -0.15) is 0 Å². The van der Waals surface area contributed by atoms with Crippen molar-refractivity contribution in [1.29, 1.82) is 0 Å². The average molecular weight is 486 g/mol. The van der Waals surface area contributed by atoms with E-state index in [0.29, 0.717) is 37.1 Å². The standard InChI is InChI=1S/C28H43N3O4/c1-9-13-18-29-25(32)24(22-17-15-14-16-21(22)12-4)31(19-10-2)26(33)23(20(5)11-3)30-27(34)35-28(6,7)8/h4,14-17,20,23-24H,9-11,13,18-19H2,1-3,5-8H3,(H,29,32)(H,30,34). The van der Waals surface area contributed by atoms with Gasteiger partial charge in [-0.15, -0.1) is 6.42 Å². The lowest BCUT2D eigenvalue weighted by molar-refractivity contribution is -0.143. The highest BCUT2D eigenvalue weighted by Crippen LogP contribution is 2.27. The normalized spacial score (nSPS) is 13.7. The fourth-order valence-electron chi connectivity index (χ4n) is 3.71. The number of terminal acetylenes is 1. The molecule has 0 spiro atoms. The van der Waals surface area contributed by atoms with E-state index in [1.54, 1.807) is 37.8 Å². The number of ether oxygens (including phenoxy) is 1. The molecule has 0 aliphatic heterocycles. The maximum atomic E-state index is 14.0. The van der Waals surface area contributed by atoms with Crippen LogP contribution in [0, 0.1) is 18.3 Å². The SMILES string of the molecule is C#Cc1ccccc1C(C(=O)NCCCC)N(CCC)C(=O)C(NC(=O)OC(C)(C)C)C(C)CC. The summed E-state index contributed by atoms with van der Waals surface area (Å²) in [5, 5.41) is 5.73. The molecule has 35 heavy (non-hydrogen) atoms. The zero-order valence-corrected chi connectivity index (χ0v) is 22.4. The van der Waals surface area contributed by atoms with Crippen LogP contribution in [0.15, 0.2) is 24.3 Å². The second kappa shape index (κ2) is 14.4. The molecule has 0 saturated heterocycles. The number of benzene rings is 1. The van der Waals surface area contributed by atoms with Crippen LogP contribution < -0.4 is 10.6 Å². The summed E-state index contributed by atoms with van der Waals surface area (Å²) in [5.41, 5.74) is 0.437. The molecular formula is C28H43N3O4. The Morgan fingerprint density at radius 2 is 1.77 bits per heavy atom. The first-order chi connectivity index (χ1) is 16.5. The molecule has 7 nitrogen and oxygen atoms in total. The fourth-order valence-corrected chi connectivity index (χ4v) is 3.71. The van der Waals surface area contributed by atoms with Gasteiger partial charge in [0.2, 0.25) is 11.8 Å². The largest absolute Gasteiger partial charge is 0.444 e. The van der Waals surface area contributed by atoms with E-state index in [2.05, 4.69) is 16.6 Å². The van der Waals surface area contributed by atoms with Gasteiger partial charge in [-0.3, -0.25) is 9.59 Å². The van der Waals surface area contributed by atoms with E-state index >= 15 is 0 Å². The molecular weight excluding hydrogens is 442 g/mol. The Hall–Kier alpha value is -3.01. The van der Waals surface area contributed by atoms with Crippen molar-refractivity contribution in [1.82, 2.24) is 15.5 Å². The highest BCUT2D eigenvalue weighted by atomic mass is 16.6. The Morgan fingerprint density at radius 1 is 1.11 bits per heavy atom. The first-order valence-corrected chi connectivity index (χ1v) is 12.6. The number of hydrogen-bond acceptors (Lipinski definition) is 4. The maximum Gasteiger partial charge on any atom is 0.408 e. The van der Waals surface area contributed by atoms with E-state index in [1.165, 1.54) is 0 Å². The van der Waals surface area contributed by atoms with Gasteiger partial charge in [0.15, 0.2) is 0 Å². The number of carbonyl (C=O) groups is 3. The zero-order chi connectivity index (χ0) is 26.6. The number of unbranched alkanes of at least 4 members (excludes halogenated alkanes) is 1. The summed E-state index contributed by atoms with van der Waals surface area (Å²) in [6.45, 7) is 14.0. The molecule has 7 heteroatoms. The second-order valence-electron chi connectivity index (χ2n) is 9.82. The lowest BCUT2D eigenvalue weighted by Crippen LogP contribution is -2.55. The van der Waals surface area contributed by atoms with E-state index in [9.17, 15) is 14.4 Å². The van der Waals surface area contributed by atoms with Gasteiger partial charge in [0, 0.05) is 18.7 Å². The maximum absolute atomic E-state index is 14.0. The molecule has 3 atom stereocenters. The molecule has 3 unspecified atom stereocenters. The van der Waals surface area contributed by atoms with Crippen molar-refractivity contribution in [3.8, 4) is 12.3 Å². The van der Waals surface area contributed by atoms with Gasteiger partial charge in [0.1, 0.15) is 17.7 Å². The van der Waals surface area contributed by atoms with Crippen LogP contribution in [0.1, 0.15) is 91.3 Å². The molecule has 0 heterocycles. The van der Waals surface area contributed by atoms with Crippen LogP contribution in [-0.4, -0.2) is 47.5 Å². The van der Waals surface area contributed by atoms with Gasteiger partial charge in [-0.1, -0.05) is 64.7 Å². The quantitative estimate of drug-likeness (QED) is 0.329. The van der Waals surface area contributed by atoms with Crippen LogP contribution in [-0.2, 0) is 14.3 Å². The monoisotopic (exact) mass is 485 g/mol. The molecule has 0 aliphatic carbocycles. The van der Waals surface area contributed by atoms with Crippen molar-refractivity contribution in [2.75, 3.05) is 13.1 Å². The van der Waals surface area contributed by atoms with E-state index in [1.807, 2.05) is 39.8 Å². The van der Waals surface area contributed by atoms with Gasteiger partial charge >= 0.3 is 6.09 Å². The van der Waals surface area contributed by atoms with Crippen molar-refractivity contribution in [2.45, 2.75) is 91.8 Å². The predicted octanol–water partition coefficient (Wildman–Crippen LogP) is 4.80. The van der Waals surface area contributed by atoms with Crippen LogP contribution in [0.2, 0.25) is 0 Å². The molecule has 2 N–H and O–H groups in total. The van der Waals surface area contributed by atoms with Crippen LogP contribution >= 0.6 is 0 Å². The number of alkyl carbamates (subject to hydrolysis) is 1. The Balaban J connectivity index is 3.49. The first-order valence-electron chi connectivity index (χ1n) is 12.6. The summed E-state index contributed by atoms with van der Waals surface area (Å²) in [7, 11) is 0. The van der Waals surface area contributed by atoms with E-state index in [0.717, 1.165) is 12.8 Å². The molecule has 194 valence electrons. The zero-order valence-electron chi connectivity index (χ0n) is 22.4. The van der Waals surface area contributed by atoms with E-state index < -0.39 is 23.8 Å². The number of nitrogens with zero attached hydrogens (tertiary/aromatic N) is 1. The van der Waals surface area contributed by atoms with Crippen molar-refractivity contribution >= 4 is 17.9 Å². The van der Waals surface area contributed by atoms with Crippen LogP contribution in [0.5, 0.6) is 0 Å². The highest BCUT2D eigenvalue weighted by molar-refractivity contribution is 5.92. The molecule has 0 aromatic heterocycles. The molecule has 3 amide bonds. The first kappa shape index (κ1) is 30.0. The molecule has 0 fully saturated rings. The third kappa shape index (κ3) is 9.28. The van der Waals surface area contributed by atoms with Gasteiger partial charge in [0.25, 0.3) is 0 Å². The molecule has 0 bridgehead atoms. The summed E-state index contributed by atoms with van der Waals surface area (Å²) in [4.78, 5) is 41.7. The third-order valence-corrected chi connectivity index (χ3v) is 5.70. The molecule has 1 rings (SSSR count). The topological polar surface area (TPSA) is 87.7 Å². The molecule has 1 aromatic rings. The highest BCUT2D eigenvalue weighted by Gasteiger charge is 2.38. The number of nitrogens with one attached hydrogen (secondary N) is 2. The predicted molar refractivity (Wildman–Crippen MR) is 140 cm³/mol. The molecule has 0 aliphatic rings. The lowest BCUT2D eigenvalue weighted by Gasteiger charge is -2.36. The molecule has 0 radical (unpaired) electrons. The van der Waals surface area contributed by atoms with Crippen LogP contribution in [0.4, 0.5) is 4.79 Å². The van der Waals surface area contributed by atoms with E-state index in [-0.39, 0.29) is 17.7 Å².